The summed E-state index contributed by atoms with van der Waals surface area (Å²) < 4.78 is 55.3. The summed E-state index contributed by atoms with van der Waals surface area (Å²) >= 11 is 6.05. The molecule has 2 heterocycles. The van der Waals surface area contributed by atoms with Crippen LogP contribution < -0.4 is 16.4 Å². The third-order valence-corrected chi connectivity index (χ3v) is 9.00. The first-order chi connectivity index (χ1) is 19.5. The lowest BCUT2D eigenvalue weighted by Crippen LogP contribution is -2.57. The van der Waals surface area contributed by atoms with Crippen molar-refractivity contribution < 1.29 is 22.0 Å². The minimum Gasteiger partial charge on any atom is -0.323 e. The molecule has 1 aromatic heterocycles. The van der Waals surface area contributed by atoms with Crippen molar-refractivity contribution in [1.82, 2.24) is 14.6 Å². The van der Waals surface area contributed by atoms with Crippen molar-refractivity contribution in [2.45, 2.75) is 50.2 Å². The number of pyridine rings is 1. The van der Waals surface area contributed by atoms with Crippen molar-refractivity contribution in [3.63, 3.8) is 0 Å². The summed E-state index contributed by atoms with van der Waals surface area (Å²) in [5, 5.41) is 6.47. The number of carbonyl (C=O) groups is 1. The van der Waals surface area contributed by atoms with E-state index in [4.69, 9.17) is 17.3 Å². The predicted octanol–water partition coefficient (Wildman–Crippen LogP) is 4.06. The fourth-order valence-corrected chi connectivity index (χ4v) is 7.08. The van der Waals surface area contributed by atoms with Crippen LogP contribution in [0.15, 0.2) is 60.9 Å². The molecule has 0 aliphatic carbocycles. The first kappa shape index (κ1) is 31.0. The molecule has 3 aromatic rings. The van der Waals surface area contributed by atoms with E-state index in [-0.39, 0.29) is 29.8 Å². The Morgan fingerprint density at radius 2 is 1.90 bits per heavy atom. The lowest BCUT2D eigenvalue weighted by molar-refractivity contribution is -0.117. The van der Waals surface area contributed by atoms with E-state index < -0.39 is 39.5 Å². The maximum absolute atomic E-state index is 14.9. The summed E-state index contributed by atoms with van der Waals surface area (Å²) in [4.78, 5) is 17.3. The number of amides is 1. The zero-order chi connectivity index (χ0) is 29.7. The van der Waals surface area contributed by atoms with E-state index in [0.717, 1.165) is 6.20 Å². The highest BCUT2D eigenvalue weighted by Gasteiger charge is 2.34. The van der Waals surface area contributed by atoms with Gasteiger partial charge in [-0.2, -0.15) is 4.31 Å². The second kappa shape index (κ2) is 13.3. The Hall–Kier alpha value is -2.96. The third-order valence-electron chi connectivity index (χ3n) is 7.32. The molecule has 12 heteroatoms. The van der Waals surface area contributed by atoms with Crippen molar-refractivity contribution in [1.29, 1.82) is 0 Å². The molecule has 1 amide bonds. The number of nitrogens with two attached hydrogens (primary N) is 1. The quantitative estimate of drug-likeness (QED) is 0.321. The molecule has 4 atom stereocenters. The van der Waals surface area contributed by atoms with E-state index in [2.05, 4.69) is 15.6 Å². The third kappa shape index (κ3) is 7.66. The van der Waals surface area contributed by atoms with Crippen LogP contribution in [0.4, 0.5) is 14.5 Å². The molecule has 1 saturated heterocycles. The van der Waals surface area contributed by atoms with Gasteiger partial charge in [-0.25, -0.2) is 17.2 Å². The number of hydrogen-bond acceptors (Lipinski definition) is 6. The van der Waals surface area contributed by atoms with E-state index in [1.807, 2.05) is 6.92 Å². The number of halogens is 3. The van der Waals surface area contributed by atoms with Crippen LogP contribution in [0.25, 0.3) is 0 Å². The number of rotatable bonds is 10. The highest BCUT2D eigenvalue weighted by molar-refractivity contribution is 7.88. The molecule has 4 N–H and O–H groups in total. The van der Waals surface area contributed by atoms with Gasteiger partial charge in [0.2, 0.25) is 15.9 Å². The number of carbonyl (C=O) groups excluding carboxylic acids is 1. The summed E-state index contributed by atoms with van der Waals surface area (Å²) in [5.74, 6) is -2.37. The smallest absolute Gasteiger partial charge is 0.242 e. The van der Waals surface area contributed by atoms with E-state index in [9.17, 15) is 22.0 Å². The molecule has 0 bridgehead atoms. The van der Waals surface area contributed by atoms with Crippen LogP contribution in [-0.2, 0) is 21.2 Å². The van der Waals surface area contributed by atoms with E-state index in [1.165, 1.54) is 28.9 Å². The first-order valence-electron chi connectivity index (χ1n) is 13.3. The van der Waals surface area contributed by atoms with Crippen LogP contribution in [-0.4, -0.2) is 61.1 Å². The predicted molar refractivity (Wildman–Crippen MR) is 156 cm³/mol. The zero-order valence-electron chi connectivity index (χ0n) is 22.9. The Morgan fingerprint density at radius 1 is 1.17 bits per heavy atom. The van der Waals surface area contributed by atoms with Crippen LogP contribution in [0, 0.1) is 11.6 Å². The highest BCUT2D eigenvalue weighted by atomic mass is 35.5. The number of aromatic nitrogens is 1. The molecule has 1 fully saturated rings. The molecule has 0 saturated carbocycles. The first-order valence-corrected chi connectivity index (χ1v) is 15.6. The van der Waals surface area contributed by atoms with Gasteiger partial charge in [0.25, 0.3) is 0 Å². The van der Waals surface area contributed by atoms with Crippen LogP contribution in [0.3, 0.4) is 0 Å². The van der Waals surface area contributed by atoms with Gasteiger partial charge in [0.1, 0.15) is 11.6 Å². The van der Waals surface area contributed by atoms with Gasteiger partial charge in [0, 0.05) is 41.7 Å². The molecule has 8 nitrogen and oxygen atoms in total. The number of benzene rings is 2. The molecule has 0 unspecified atom stereocenters. The summed E-state index contributed by atoms with van der Waals surface area (Å²) in [5.41, 5.74) is 8.04. The average molecular weight is 606 g/mol. The summed E-state index contributed by atoms with van der Waals surface area (Å²) in [6.07, 6.45) is 4.83. The lowest BCUT2D eigenvalue weighted by atomic mass is 9.85. The molecule has 220 valence electrons. The van der Waals surface area contributed by atoms with Crippen molar-refractivity contribution in [3.05, 3.63) is 94.3 Å². The monoisotopic (exact) mass is 605 g/mol. The van der Waals surface area contributed by atoms with E-state index in [0.29, 0.717) is 42.1 Å². The molecule has 41 heavy (non-hydrogen) atoms. The largest absolute Gasteiger partial charge is 0.323 e. The van der Waals surface area contributed by atoms with E-state index >= 15 is 0 Å². The van der Waals surface area contributed by atoms with Crippen LogP contribution in [0.5, 0.6) is 0 Å². The standard InChI is InChI=1S/C29H34ClF2N5O3S/c1-18-14-34-15-23(37(18)41(2,39)40)7-4-8-24-25(32)16-35-17-26(24)36-29(38)28(33)27(19-9-11-21(30)12-10-19)20-5-3-6-22(31)13-20/h3,5-6,9-13,16-18,23,27-28,34H,4,7-8,14-15,33H2,1-2H3,(H,36,38)/t18-,23-,27-,28-/m0/s1. The van der Waals surface area contributed by atoms with Gasteiger partial charge in [-0.3, -0.25) is 9.78 Å². The molecule has 2 aromatic carbocycles. The van der Waals surface area contributed by atoms with Crippen LogP contribution >= 0.6 is 11.6 Å². The Balaban J connectivity index is 1.52. The molecular weight excluding hydrogens is 572 g/mol. The van der Waals surface area contributed by atoms with Gasteiger partial charge in [-0.15, -0.1) is 0 Å². The Bertz CT molecular complexity index is 1480. The molecule has 1 aliphatic heterocycles. The topological polar surface area (TPSA) is 117 Å². The molecule has 1 aliphatic rings. The van der Waals surface area contributed by atoms with E-state index in [1.54, 1.807) is 36.4 Å². The van der Waals surface area contributed by atoms with Gasteiger partial charge in [0.15, 0.2) is 0 Å². The Morgan fingerprint density at radius 3 is 2.59 bits per heavy atom. The second-order valence-electron chi connectivity index (χ2n) is 10.4. The summed E-state index contributed by atoms with van der Waals surface area (Å²) in [7, 11) is -3.41. The molecular formula is C29H34ClF2N5O3S. The average Bonchev–Trinajstić information content (AvgIpc) is 2.90. The van der Waals surface area contributed by atoms with Crippen LogP contribution in [0.1, 0.15) is 42.4 Å². The summed E-state index contributed by atoms with van der Waals surface area (Å²) in [6.45, 7) is 2.91. The van der Waals surface area contributed by atoms with Gasteiger partial charge >= 0.3 is 0 Å². The second-order valence-corrected chi connectivity index (χ2v) is 12.7. The fraction of sp³-hybridized carbons (Fsp3) is 0.379. The molecule has 0 spiro atoms. The Labute approximate surface area is 244 Å². The number of hydrogen-bond donors (Lipinski definition) is 3. The van der Waals surface area contributed by atoms with Crippen molar-refractivity contribution in [2.24, 2.45) is 5.73 Å². The maximum atomic E-state index is 14.9. The van der Waals surface area contributed by atoms with Crippen molar-refractivity contribution in [2.75, 3.05) is 24.7 Å². The number of nitrogens with zero attached hydrogens (tertiary/aromatic N) is 2. The number of nitrogens with one attached hydrogen (secondary N) is 2. The Kier molecular flexibility index (Phi) is 10.1. The summed E-state index contributed by atoms with van der Waals surface area (Å²) in [6, 6.07) is 11.0. The van der Waals surface area contributed by atoms with Crippen molar-refractivity contribution in [3.8, 4) is 0 Å². The number of piperazine rings is 1. The lowest BCUT2D eigenvalue weighted by Gasteiger charge is -2.39. The minimum atomic E-state index is -3.41. The minimum absolute atomic E-state index is 0.176. The van der Waals surface area contributed by atoms with Crippen molar-refractivity contribution >= 4 is 33.2 Å². The maximum Gasteiger partial charge on any atom is 0.242 e. The van der Waals surface area contributed by atoms with Gasteiger partial charge < -0.3 is 16.4 Å². The fourth-order valence-electron chi connectivity index (χ4n) is 5.51. The molecule has 0 radical (unpaired) electrons. The number of sulfonamides is 1. The zero-order valence-corrected chi connectivity index (χ0v) is 24.4. The molecule has 4 rings (SSSR count). The SMILES string of the molecule is C[C@H]1CNC[C@H](CCCc2c(F)cncc2NC(=O)[C@@H](N)[C@@H](c2ccc(Cl)cc2)c2cccc(F)c2)N1S(C)(=O)=O. The van der Waals surface area contributed by atoms with Gasteiger partial charge in [-0.05, 0) is 61.6 Å². The van der Waals surface area contributed by atoms with Gasteiger partial charge in [0.05, 0.1) is 30.4 Å². The normalized spacial score (nSPS) is 19.5. The number of anilines is 1. The van der Waals surface area contributed by atoms with Gasteiger partial charge in [-0.1, -0.05) is 35.9 Å². The van der Waals surface area contributed by atoms with Crippen LogP contribution in [0.2, 0.25) is 5.02 Å². The highest BCUT2D eigenvalue weighted by Crippen LogP contribution is 2.30.